The Morgan fingerprint density at radius 3 is 2.70 bits per heavy atom. The number of unbranched alkanes of at least 4 members (excludes halogenated alkanes) is 1. The number of carbonyl (C=O) groups excluding carboxylic acids is 1. The molecule has 0 aromatic heterocycles. The van der Waals surface area contributed by atoms with Crippen LogP contribution < -0.4 is 9.46 Å². The van der Waals surface area contributed by atoms with E-state index in [-0.39, 0.29) is 10.8 Å². The largest absolute Gasteiger partial charge is 0.493 e. The molecule has 6 heteroatoms. The van der Waals surface area contributed by atoms with Gasteiger partial charge in [0.05, 0.1) is 17.4 Å². The van der Waals surface area contributed by atoms with Crippen molar-refractivity contribution < 1.29 is 18.1 Å². The van der Waals surface area contributed by atoms with Gasteiger partial charge in [0.25, 0.3) is 5.91 Å². The number of ether oxygens (including phenoxy) is 1. The van der Waals surface area contributed by atoms with E-state index in [0.717, 1.165) is 44.1 Å². The Bertz CT molecular complexity index is 627. The van der Waals surface area contributed by atoms with Crippen LogP contribution in [-0.2, 0) is 11.0 Å². The molecule has 0 saturated heterocycles. The number of hydrogen-bond acceptors (Lipinski definition) is 3. The van der Waals surface area contributed by atoms with Crippen LogP contribution in [0.4, 0.5) is 4.39 Å². The van der Waals surface area contributed by atoms with Crippen LogP contribution in [0.3, 0.4) is 0 Å². The van der Waals surface area contributed by atoms with E-state index in [1.165, 1.54) is 6.07 Å². The average Bonchev–Trinajstić information content (AvgIpc) is 3.39. The van der Waals surface area contributed by atoms with Crippen molar-refractivity contribution in [2.45, 2.75) is 56.6 Å². The highest BCUT2D eigenvalue weighted by atomic mass is 32.2. The Balaban J connectivity index is 1.78. The van der Waals surface area contributed by atoms with Crippen LogP contribution in [0.1, 0.15) is 67.3 Å². The minimum Gasteiger partial charge on any atom is -0.493 e. The van der Waals surface area contributed by atoms with Gasteiger partial charge in [-0.15, -0.1) is 0 Å². The molecule has 2 aliphatic carbocycles. The number of amides is 1. The molecule has 4 nitrogen and oxygen atoms in total. The van der Waals surface area contributed by atoms with Crippen LogP contribution in [0.5, 0.6) is 5.75 Å². The first-order chi connectivity index (χ1) is 11.1. The van der Waals surface area contributed by atoms with Crippen molar-refractivity contribution in [1.29, 1.82) is 0 Å². The predicted octanol–water partition coefficient (Wildman–Crippen LogP) is 3.44. The first-order valence-electron chi connectivity index (χ1n) is 8.28. The molecule has 1 amide bonds. The highest BCUT2D eigenvalue weighted by Crippen LogP contribution is 2.45. The number of hydrogen-bond donors (Lipinski definition) is 1. The topological polar surface area (TPSA) is 55.4 Å². The molecule has 0 aliphatic heterocycles. The van der Waals surface area contributed by atoms with E-state index in [9.17, 15) is 13.4 Å². The van der Waals surface area contributed by atoms with Gasteiger partial charge in [0.2, 0.25) is 0 Å². The van der Waals surface area contributed by atoms with E-state index >= 15 is 0 Å². The third-order valence-electron chi connectivity index (χ3n) is 4.14. The SMILES string of the molecule is CCCCOc1cc(F)c(C(=O)NS(=O)C2CC2)cc1C1CC1. The van der Waals surface area contributed by atoms with Gasteiger partial charge < -0.3 is 4.74 Å². The minimum absolute atomic E-state index is 0.0292. The van der Waals surface area contributed by atoms with Gasteiger partial charge in [-0.1, -0.05) is 13.3 Å². The van der Waals surface area contributed by atoms with E-state index in [0.29, 0.717) is 18.3 Å². The molecule has 126 valence electrons. The van der Waals surface area contributed by atoms with Gasteiger partial charge in [-0.2, -0.15) is 0 Å². The van der Waals surface area contributed by atoms with E-state index < -0.39 is 22.7 Å². The molecule has 2 fully saturated rings. The predicted molar refractivity (Wildman–Crippen MR) is 87.4 cm³/mol. The summed E-state index contributed by atoms with van der Waals surface area (Å²) in [6.07, 6.45) is 5.69. The second-order valence-electron chi connectivity index (χ2n) is 6.27. The lowest BCUT2D eigenvalue weighted by atomic mass is 10.0. The summed E-state index contributed by atoms with van der Waals surface area (Å²) in [6, 6.07) is 2.88. The molecule has 0 bridgehead atoms. The highest BCUT2D eigenvalue weighted by Gasteiger charge is 2.32. The molecule has 2 saturated carbocycles. The summed E-state index contributed by atoms with van der Waals surface area (Å²) < 4.78 is 34.2. The van der Waals surface area contributed by atoms with Gasteiger partial charge in [-0.3, -0.25) is 9.52 Å². The lowest BCUT2D eigenvalue weighted by Gasteiger charge is -2.13. The molecule has 1 aromatic carbocycles. The number of rotatable bonds is 8. The first-order valence-corrected chi connectivity index (χ1v) is 9.49. The molecule has 23 heavy (non-hydrogen) atoms. The van der Waals surface area contributed by atoms with Crippen molar-refractivity contribution in [2.24, 2.45) is 0 Å². The Hall–Kier alpha value is -1.43. The Morgan fingerprint density at radius 2 is 2.09 bits per heavy atom. The summed E-state index contributed by atoms with van der Waals surface area (Å²) in [7, 11) is -1.41. The molecule has 0 heterocycles. The van der Waals surface area contributed by atoms with Crippen LogP contribution in [-0.4, -0.2) is 22.0 Å². The zero-order chi connectivity index (χ0) is 16.4. The van der Waals surface area contributed by atoms with Crippen molar-refractivity contribution in [2.75, 3.05) is 6.61 Å². The standard InChI is InChI=1S/C17H22FNO3S/c1-2-3-8-22-16-10-15(18)14(9-13(16)11-4-5-11)17(20)19-23(21)12-6-7-12/h9-12H,2-8H2,1H3,(H,19,20). The van der Waals surface area contributed by atoms with E-state index in [1.807, 2.05) is 0 Å². The zero-order valence-corrected chi connectivity index (χ0v) is 14.1. The van der Waals surface area contributed by atoms with E-state index in [2.05, 4.69) is 11.6 Å². The number of nitrogens with one attached hydrogen (secondary N) is 1. The fourth-order valence-corrected chi connectivity index (χ4v) is 3.45. The van der Waals surface area contributed by atoms with Crippen LogP contribution in [0.2, 0.25) is 0 Å². The fourth-order valence-electron chi connectivity index (χ4n) is 2.42. The molecule has 0 spiro atoms. The first kappa shape index (κ1) is 16.4. The second kappa shape index (κ2) is 6.99. The van der Waals surface area contributed by atoms with Gasteiger partial charge in [0, 0.05) is 6.07 Å². The molecular weight excluding hydrogens is 317 g/mol. The van der Waals surface area contributed by atoms with Crippen molar-refractivity contribution in [1.82, 2.24) is 4.72 Å². The van der Waals surface area contributed by atoms with E-state index in [4.69, 9.17) is 4.74 Å². The van der Waals surface area contributed by atoms with Crippen molar-refractivity contribution in [3.05, 3.63) is 29.1 Å². The quantitative estimate of drug-likeness (QED) is 0.738. The van der Waals surface area contributed by atoms with Crippen LogP contribution >= 0.6 is 0 Å². The van der Waals surface area contributed by atoms with Crippen molar-refractivity contribution >= 4 is 16.9 Å². The van der Waals surface area contributed by atoms with Gasteiger partial charge in [-0.25, -0.2) is 8.60 Å². The lowest BCUT2D eigenvalue weighted by Crippen LogP contribution is -2.28. The van der Waals surface area contributed by atoms with Crippen LogP contribution in [0, 0.1) is 5.82 Å². The molecule has 2 aliphatic rings. The zero-order valence-electron chi connectivity index (χ0n) is 13.3. The van der Waals surface area contributed by atoms with Crippen molar-refractivity contribution in [3.63, 3.8) is 0 Å². The van der Waals surface area contributed by atoms with Gasteiger partial charge in [0.1, 0.15) is 22.6 Å². The van der Waals surface area contributed by atoms with Gasteiger partial charge >= 0.3 is 0 Å². The maximum Gasteiger partial charge on any atom is 0.265 e. The molecule has 1 aromatic rings. The maximum atomic E-state index is 14.3. The minimum atomic E-state index is -1.41. The highest BCUT2D eigenvalue weighted by molar-refractivity contribution is 7.84. The molecular formula is C17H22FNO3S. The molecule has 1 unspecified atom stereocenters. The van der Waals surface area contributed by atoms with Gasteiger partial charge in [0.15, 0.2) is 0 Å². The van der Waals surface area contributed by atoms with Crippen LogP contribution in [0.25, 0.3) is 0 Å². The molecule has 3 rings (SSSR count). The molecule has 1 atom stereocenters. The molecule has 1 N–H and O–H groups in total. The summed E-state index contributed by atoms with van der Waals surface area (Å²) in [5, 5.41) is 0.0292. The Morgan fingerprint density at radius 1 is 1.35 bits per heavy atom. The summed E-state index contributed by atoms with van der Waals surface area (Å²) in [6.45, 7) is 2.62. The number of benzene rings is 1. The third kappa shape index (κ3) is 4.10. The second-order valence-corrected chi connectivity index (χ2v) is 7.74. The summed E-state index contributed by atoms with van der Waals surface area (Å²) in [4.78, 5) is 12.2. The van der Waals surface area contributed by atoms with Crippen molar-refractivity contribution in [3.8, 4) is 5.75 Å². The van der Waals surface area contributed by atoms with Crippen LogP contribution in [0.15, 0.2) is 12.1 Å². The van der Waals surface area contributed by atoms with E-state index in [1.54, 1.807) is 6.07 Å². The number of carbonyl (C=O) groups is 1. The molecule has 0 radical (unpaired) electrons. The normalized spacial score (nSPS) is 18.5. The average molecular weight is 339 g/mol. The lowest BCUT2D eigenvalue weighted by molar-refractivity contribution is 0.0978. The fraction of sp³-hybridized carbons (Fsp3) is 0.588. The monoisotopic (exact) mass is 339 g/mol. The summed E-state index contributed by atoms with van der Waals surface area (Å²) in [5.74, 6) is -0.341. The Kier molecular flexibility index (Phi) is 4.99. The Labute approximate surface area is 138 Å². The number of halogens is 1. The summed E-state index contributed by atoms with van der Waals surface area (Å²) in [5.41, 5.74) is 0.855. The maximum absolute atomic E-state index is 14.3. The van der Waals surface area contributed by atoms with Gasteiger partial charge in [-0.05, 0) is 49.7 Å². The third-order valence-corrected chi connectivity index (χ3v) is 5.60. The summed E-state index contributed by atoms with van der Waals surface area (Å²) >= 11 is 0. The smallest absolute Gasteiger partial charge is 0.265 e.